The third-order valence-electron chi connectivity index (χ3n) is 5.72. The summed E-state index contributed by atoms with van der Waals surface area (Å²) in [6, 6.07) is 18.5. The zero-order valence-electron chi connectivity index (χ0n) is 18.3. The number of aryl methyl sites for hydroxylation is 1. The van der Waals surface area contributed by atoms with E-state index in [2.05, 4.69) is 21.2 Å². The lowest BCUT2D eigenvalue weighted by Gasteiger charge is -2.40. The van der Waals surface area contributed by atoms with Gasteiger partial charge in [0.25, 0.3) is 11.8 Å². The van der Waals surface area contributed by atoms with Crippen molar-refractivity contribution in [1.29, 1.82) is 0 Å². The topological polar surface area (TPSA) is 62.5 Å². The first-order valence-electron chi connectivity index (χ1n) is 10.5. The van der Waals surface area contributed by atoms with Crippen LogP contribution in [-0.2, 0) is 21.7 Å². The highest BCUT2D eigenvalue weighted by atomic mass is 79.9. The highest BCUT2D eigenvalue weighted by Crippen LogP contribution is 2.37. The van der Waals surface area contributed by atoms with Gasteiger partial charge in [0.15, 0.2) is 6.20 Å². The number of ether oxygens (including phenoxy) is 1. The molecule has 1 aromatic heterocycles. The van der Waals surface area contributed by atoms with Gasteiger partial charge in [-0.3, -0.25) is 14.5 Å². The number of benzene rings is 2. The summed E-state index contributed by atoms with van der Waals surface area (Å²) in [4.78, 5) is 28.7. The van der Waals surface area contributed by atoms with Crippen LogP contribution in [0, 0.1) is 6.92 Å². The number of anilines is 2. The molecule has 32 heavy (non-hydrogen) atoms. The molecule has 0 fully saturated rings. The SMILES string of the molecule is CCOc1ccc(NC(=O)[C@]2(C)c3cccc[n+]3CC(=O)N2c2ccc(C)c(Br)c2)cc1. The van der Waals surface area contributed by atoms with E-state index in [1.54, 1.807) is 24.0 Å². The Hall–Kier alpha value is -3.19. The maximum atomic E-state index is 13.8. The number of fused-ring (bicyclic) bond motifs is 1. The van der Waals surface area contributed by atoms with E-state index in [9.17, 15) is 9.59 Å². The van der Waals surface area contributed by atoms with Crippen molar-refractivity contribution in [3.05, 3.63) is 82.6 Å². The van der Waals surface area contributed by atoms with E-state index in [1.165, 1.54) is 0 Å². The standard InChI is InChI=1S/C25H24BrN3O3/c1-4-32-20-12-9-18(10-13-20)27-24(31)25(3)22-7-5-6-14-28(22)16-23(30)29(25)19-11-8-17(2)21(26)15-19/h5-15H,4,16H2,1-3H3/p+1/t25-/m0/s1. The molecular formula is C25H25BrN3O3+. The molecule has 2 aromatic carbocycles. The summed E-state index contributed by atoms with van der Waals surface area (Å²) in [6.07, 6.45) is 1.83. The van der Waals surface area contributed by atoms with Crippen molar-refractivity contribution >= 4 is 39.1 Å². The molecule has 6 nitrogen and oxygen atoms in total. The predicted octanol–water partition coefficient (Wildman–Crippen LogP) is 4.34. The molecular weight excluding hydrogens is 470 g/mol. The van der Waals surface area contributed by atoms with E-state index >= 15 is 0 Å². The number of carbonyl (C=O) groups excluding carboxylic acids is 2. The minimum atomic E-state index is -1.26. The van der Waals surface area contributed by atoms with Gasteiger partial charge >= 0.3 is 0 Å². The second-order valence-corrected chi connectivity index (χ2v) is 8.71. The van der Waals surface area contributed by atoms with Crippen LogP contribution in [0.25, 0.3) is 0 Å². The zero-order chi connectivity index (χ0) is 22.9. The van der Waals surface area contributed by atoms with Gasteiger partial charge in [0.05, 0.1) is 6.61 Å². The van der Waals surface area contributed by atoms with Gasteiger partial charge < -0.3 is 10.1 Å². The first-order valence-corrected chi connectivity index (χ1v) is 11.3. The maximum Gasteiger partial charge on any atom is 0.294 e. The van der Waals surface area contributed by atoms with Gasteiger partial charge in [0, 0.05) is 28.0 Å². The van der Waals surface area contributed by atoms with Gasteiger partial charge in [0.1, 0.15) is 5.75 Å². The number of rotatable bonds is 5. The quantitative estimate of drug-likeness (QED) is 0.536. The molecule has 1 aliphatic heterocycles. The molecule has 7 heteroatoms. The van der Waals surface area contributed by atoms with Crippen molar-refractivity contribution in [2.45, 2.75) is 32.9 Å². The first-order chi connectivity index (χ1) is 15.3. The Morgan fingerprint density at radius 1 is 1.19 bits per heavy atom. The number of hydrogen-bond acceptors (Lipinski definition) is 3. The second-order valence-electron chi connectivity index (χ2n) is 7.86. The van der Waals surface area contributed by atoms with Crippen LogP contribution in [0.4, 0.5) is 11.4 Å². The summed E-state index contributed by atoms with van der Waals surface area (Å²) in [5.41, 5.74) is 1.81. The Morgan fingerprint density at radius 2 is 1.94 bits per heavy atom. The van der Waals surface area contributed by atoms with E-state index in [1.807, 2.05) is 73.1 Å². The summed E-state index contributed by atoms with van der Waals surface area (Å²) in [7, 11) is 0. The average molecular weight is 495 g/mol. The minimum Gasteiger partial charge on any atom is -0.494 e. The van der Waals surface area contributed by atoms with E-state index in [4.69, 9.17) is 4.74 Å². The second kappa shape index (κ2) is 8.74. The summed E-state index contributed by atoms with van der Waals surface area (Å²) in [6.45, 7) is 6.42. The van der Waals surface area contributed by atoms with E-state index < -0.39 is 5.54 Å². The lowest BCUT2D eigenvalue weighted by atomic mass is 9.89. The summed E-state index contributed by atoms with van der Waals surface area (Å²) in [5.74, 6) is 0.275. The number of nitrogens with zero attached hydrogens (tertiary/aromatic N) is 2. The third-order valence-corrected chi connectivity index (χ3v) is 6.57. The number of aromatic nitrogens is 1. The summed E-state index contributed by atoms with van der Waals surface area (Å²) >= 11 is 3.56. The maximum absolute atomic E-state index is 13.8. The van der Waals surface area contributed by atoms with Crippen LogP contribution in [0.1, 0.15) is 25.1 Å². The van der Waals surface area contributed by atoms with Crippen molar-refractivity contribution in [3.8, 4) is 5.75 Å². The lowest BCUT2D eigenvalue weighted by molar-refractivity contribution is -0.697. The van der Waals surface area contributed by atoms with Crippen LogP contribution in [0.15, 0.2) is 71.3 Å². The average Bonchev–Trinajstić information content (AvgIpc) is 2.77. The molecule has 4 rings (SSSR count). The molecule has 1 atom stereocenters. The van der Waals surface area contributed by atoms with Crippen LogP contribution in [0.3, 0.4) is 0 Å². The molecule has 3 aromatic rings. The number of halogens is 1. The van der Waals surface area contributed by atoms with Gasteiger partial charge in [-0.05, 0) is 62.7 Å². The Kier molecular flexibility index (Phi) is 6.02. The monoisotopic (exact) mass is 494 g/mol. The lowest BCUT2D eigenvalue weighted by Crippen LogP contribution is -2.67. The van der Waals surface area contributed by atoms with Gasteiger partial charge in [-0.25, -0.2) is 0 Å². The van der Waals surface area contributed by atoms with Crippen LogP contribution < -0.4 is 19.5 Å². The van der Waals surface area contributed by atoms with Crippen molar-refractivity contribution < 1.29 is 18.9 Å². The number of hydrogen-bond donors (Lipinski definition) is 1. The molecule has 2 heterocycles. The fraction of sp³-hybridized carbons (Fsp3) is 0.240. The molecule has 0 unspecified atom stereocenters. The number of pyridine rings is 1. The van der Waals surface area contributed by atoms with Crippen molar-refractivity contribution in [2.75, 3.05) is 16.8 Å². The number of amides is 2. The van der Waals surface area contributed by atoms with Gasteiger partial charge in [0.2, 0.25) is 17.8 Å². The molecule has 0 bridgehead atoms. The fourth-order valence-electron chi connectivity index (χ4n) is 4.03. The molecule has 0 radical (unpaired) electrons. The minimum absolute atomic E-state index is 0.159. The molecule has 0 saturated heterocycles. The smallest absolute Gasteiger partial charge is 0.294 e. The Labute approximate surface area is 196 Å². The normalized spacial score (nSPS) is 17.6. The largest absolute Gasteiger partial charge is 0.494 e. The van der Waals surface area contributed by atoms with Crippen LogP contribution >= 0.6 is 15.9 Å². The Balaban J connectivity index is 1.78. The van der Waals surface area contributed by atoms with Crippen molar-refractivity contribution in [2.24, 2.45) is 0 Å². The van der Waals surface area contributed by atoms with Crippen LogP contribution in [-0.4, -0.2) is 18.4 Å². The highest BCUT2D eigenvalue weighted by Gasteiger charge is 2.54. The predicted molar refractivity (Wildman–Crippen MR) is 127 cm³/mol. The van der Waals surface area contributed by atoms with E-state index in [-0.39, 0.29) is 18.4 Å². The molecule has 0 spiro atoms. The number of nitrogens with one attached hydrogen (secondary N) is 1. The molecule has 1 N–H and O–H groups in total. The molecule has 1 aliphatic rings. The fourth-order valence-corrected chi connectivity index (χ4v) is 4.40. The van der Waals surface area contributed by atoms with Gasteiger partial charge in [-0.2, -0.15) is 4.57 Å². The zero-order valence-corrected chi connectivity index (χ0v) is 19.8. The first kappa shape index (κ1) is 22.0. The molecule has 0 aliphatic carbocycles. The third kappa shape index (κ3) is 3.88. The van der Waals surface area contributed by atoms with Crippen molar-refractivity contribution in [3.63, 3.8) is 0 Å². The molecule has 0 saturated carbocycles. The Bertz CT molecular complexity index is 1180. The van der Waals surface area contributed by atoms with E-state index in [0.717, 1.165) is 21.5 Å². The summed E-state index contributed by atoms with van der Waals surface area (Å²) in [5, 5.41) is 3.00. The summed E-state index contributed by atoms with van der Waals surface area (Å²) < 4.78 is 8.20. The number of carbonyl (C=O) groups is 2. The van der Waals surface area contributed by atoms with Crippen LogP contribution in [0.2, 0.25) is 0 Å². The molecule has 2 amide bonds. The van der Waals surface area contributed by atoms with Gasteiger partial charge in [-0.1, -0.05) is 28.1 Å². The molecule has 164 valence electrons. The van der Waals surface area contributed by atoms with Crippen LogP contribution in [0.5, 0.6) is 5.75 Å². The highest BCUT2D eigenvalue weighted by molar-refractivity contribution is 9.10. The Morgan fingerprint density at radius 3 is 2.62 bits per heavy atom. The van der Waals surface area contributed by atoms with E-state index in [0.29, 0.717) is 18.0 Å². The van der Waals surface area contributed by atoms with Crippen molar-refractivity contribution in [1.82, 2.24) is 0 Å². The van der Waals surface area contributed by atoms with Gasteiger partial charge in [-0.15, -0.1) is 0 Å².